The zero-order chi connectivity index (χ0) is 15.4. The van der Waals surface area contributed by atoms with Gasteiger partial charge in [-0.05, 0) is 62.7 Å². The van der Waals surface area contributed by atoms with Gasteiger partial charge in [0.25, 0.3) is 0 Å². The number of carbonyl (C=O) groups is 1. The van der Waals surface area contributed by atoms with Gasteiger partial charge in [0.1, 0.15) is 0 Å². The van der Waals surface area contributed by atoms with Crippen LogP contribution in [0.5, 0.6) is 0 Å². The molecule has 6 heteroatoms. The number of nitrogens with one attached hydrogen (secondary N) is 2. The number of carbonyl (C=O) groups excluding carboxylic acids is 1. The second-order valence-electron chi connectivity index (χ2n) is 7.04. The fourth-order valence-electron chi connectivity index (χ4n) is 4.04. The van der Waals surface area contributed by atoms with Crippen LogP contribution >= 0.6 is 35.6 Å². The summed E-state index contributed by atoms with van der Waals surface area (Å²) in [6.07, 6.45) is 5.11. The lowest BCUT2D eigenvalue weighted by atomic mass is 9.91. The van der Waals surface area contributed by atoms with E-state index in [4.69, 9.17) is 23.2 Å². The van der Waals surface area contributed by atoms with Gasteiger partial charge >= 0.3 is 0 Å². The predicted octanol–water partition coefficient (Wildman–Crippen LogP) is 3.91. The monoisotopic (exact) mass is 374 g/mol. The van der Waals surface area contributed by atoms with Gasteiger partial charge < -0.3 is 10.6 Å². The lowest BCUT2D eigenvalue weighted by Crippen LogP contribution is -2.39. The van der Waals surface area contributed by atoms with Crippen LogP contribution in [0.25, 0.3) is 0 Å². The Kier molecular flexibility index (Phi) is 4.61. The van der Waals surface area contributed by atoms with Crippen LogP contribution in [-0.4, -0.2) is 19.0 Å². The number of hydrogen-bond acceptors (Lipinski definition) is 2. The summed E-state index contributed by atoms with van der Waals surface area (Å²) >= 11 is 12.7. The van der Waals surface area contributed by atoms with Crippen LogP contribution in [-0.2, 0) is 10.3 Å². The van der Waals surface area contributed by atoms with Crippen molar-refractivity contribution >= 4 is 41.5 Å². The second-order valence-corrected chi connectivity index (χ2v) is 7.85. The molecule has 1 unspecified atom stereocenters. The van der Waals surface area contributed by atoms with Crippen molar-refractivity contribution in [3.05, 3.63) is 33.8 Å². The Morgan fingerprint density at radius 3 is 2.30 bits per heavy atom. The summed E-state index contributed by atoms with van der Waals surface area (Å²) in [4.78, 5) is 12.7. The molecule has 1 aliphatic heterocycles. The van der Waals surface area contributed by atoms with Crippen LogP contribution in [0.2, 0.25) is 10.0 Å². The number of amides is 1. The van der Waals surface area contributed by atoms with E-state index in [-0.39, 0.29) is 35.2 Å². The molecule has 126 valence electrons. The predicted molar refractivity (Wildman–Crippen MR) is 95.4 cm³/mol. The van der Waals surface area contributed by atoms with Crippen molar-refractivity contribution in [3.63, 3.8) is 0 Å². The molecule has 0 radical (unpaired) electrons. The van der Waals surface area contributed by atoms with Crippen molar-refractivity contribution in [3.8, 4) is 0 Å². The highest BCUT2D eigenvalue weighted by Gasteiger charge is 2.59. The number of rotatable bonds is 3. The standard InChI is InChI=1S/C17H20Cl2N2O.ClH/c18-12-2-1-3-13(19)14(12)17(4-5-17)21-15(22)11-10-16(11)6-8-20-9-7-16;/h1-3,11,20H,4-10H2,(H,21,22);1H. The van der Waals surface area contributed by atoms with Crippen molar-refractivity contribution < 1.29 is 4.79 Å². The first-order chi connectivity index (χ1) is 10.6. The Labute approximate surface area is 152 Å². The van der Waals surface area contributed by atoms with Crippen molar-refractivity contribution in [2.45, 2.75) is 37.6 Å². The topological polar surface area (TPSA) is 41.1 Å². The molecule has 2 aliphatic carbocycles. The van der Waals surface area contributed by atoms with Crippen LogP contribution in [0.1, 0.15) is 37.7 Å². The molecule has 1 saturated heterocycles. The van der Waals surface area contributed by atoms with Crippen LogP contribution in [0.15, 0.2) is 18.2 Å². The molecule has 3 fully saturated rings. The third-order valence-electron chi connectivity index (χ3n) is 5.66. The molecule has 4 rings (SSSR count). The molecule has 2 saturated carbocycles. The first kappa shape index (κ1) is 17.3. The fourth-order valence-corrected chi connectivity index (χ4v) is 4.80. The summed E-state index contributed by atoms with van der Waals surface area (Å²) < 4.78 is 0. The average molecular weight is 376 g/mol. The van der Waals surface area contributed by atoms with Crippen molar-refractivity contribution in [2.24, 2.45) is 11.3 Å². The van der Waals surface area contributed by atoms with Gasteiger partial charge in [-0.1, -0.05) is 29.3 Å². The Morgan fingerprint density at radius 2 is 1.74 bits per heavy atom. The van der Waals surface area contributed by atoms with Crippen molar-refractivity contribution in [2.75, 3.05) is 13.1 Å². The molecular formula is C17H21Cl3N2O. The SMILES string of the molecule is Cl.O=C(NC1(c2c(Cl)cccc2Cl)CC1)C1CC12CCNCC2. The molecule has 1 aromatic rings. The Morgan fingerprint density at radius 1 is 1.13 bits per heavy atom. The van der Waals surface area contributed by atoms with Crippen molar-refractivity contribution in [1.82, 2.24) is 10.6 Å². The van der Waals surface area contributed by atoms with Gasteiger partial charge in [0, 0.05) is 21.5 Å². The first-order valence-electron chi connectivity index (χ1n) is 8.04. The quantitative estimate of drug-likeness (QED) is 0.841. The van der Waals surface area contributed by atoms with Crippen LogP contribution < -0.4 is 10.6 Å². The smallest absolute Gasteiger partial charge is 0.224 e. The second kappa shape index (κ2) is 6.11. The first-order valence-corrected chi connectivity index (χ1v) is 8.79. The maximum atomic E-state index is 12.7. The van der Waals surface area contributed by atoms with E-state index in [0.29, 0.717) is 10.0 Å². The van der Waals surface area contributed by atoms with E-state index in [2.05, 4.69) is 10.6 Å². The van der Waals surface area contributed by atoms with E-state index < -0.39 is 0 Å². The molecule has 1 spiro atoms. The van der Waals surface area contributed by atoms with Gasteiger partial charge in [0.15, 0.2) is 0 Å². The molecule has 3 nitrogen and oxygen atoms in total. The molecule has 1 aromatic carbocycles. The lowest BCUT2D eigenvalue weighted by Gasteiger charge is -2.25. The summed E-state index contributed by atoms with van der Waals surface area (Å²) in [6, 6.07) is 5.54. The highest BCUT2D eigenvalue weighted by atomic mass is 35.5. The lowest BCUT2D eigenvalue weighted by molar-refractivity contribution is -0.124. The number of halogens is 3. The van der Waals surface area contributed by atoms with E-state index in [1.54, 1.807) is 0 Å². The fraction of sp³-hybridized carbons (Fsp3) is 0.588. The summed E-state index contributed by atoms with van der Waals surface area (Å²) in [5.41, 5.74) is 0.825. The Balaban J connectivity index is 0.00000156. The minimum absolute atomic E-state index is 0. The van der Waals surface area contributed by atoms with Crippen molar-refractivity contribution in [1.29, 1.82) is 0 Å². The molecule has 1 heterocycles. The minimum atomic E-state index is -0.330. The number of hydrogen-bond donors (Lipinski definition) is 2. The molecule has 3 aliphatic rings. The average Bonchev–Trinajstić information content (AvgIpc) is 3.38. The van der Waals surface area contributed by atoms with Crippen LogP contribution in [0.4, 0.5) is 0 Å². The molecule has 2 N–H and O–H groups in total. The summed E-state index contributed by atoms with van der Waals surface area (Å²) in [6.45, 7) is 2.07. The van der Waals surface area contributed by atoms with E-state index in [1.165, 1.54) is 0 Å². The summed E-state index contributed by atoms with van der Waals surface area (Å²) in [7, 11) is 0. The molecule has 23 heavy (non-hydrogen) atoms. The van der Waals surface area contributed by atoms with E-state index in [9.17, 15) is 4.79 Å². The summed E-state index contributed by atoms with van der Waals surface area (Å²) in [5.74, 6) is 0.365. The zero-order valence-corrected chi connectivity index (χ0v) is 15.2. The van der Waals surface area contributed by atoms with Gasteiger partial charge in [0.2, 0.25) is 5.91 Å². The number of benzene rings is 1. The molecule has 1 atom stereocenters. The van der Waals surface area contributed by atoms with Gasteiger partial charge in [-0.3, -0.25) is 4.79 Å². The highest BCUT2D eigenvalue weighted by Crippen LogP contribution is 2.59. The maximum absolute atomic E-state index is 12.7. The van der Waals surface area contributed by atoms with Gasteiger partial charge in [0.05, 0.1) is 5.54 Å². The molecule has 0 aromatic heterocycles. The third kappa shape index (κ3) is 2.97. The van der Waals surface area contributed by atoms with E-state index in [0.717, 1.165) is 50.8 Å². The number of piperidine rings is 1. The molecule has 1 amide bonds. The normalized spacial score (nSPS) is 26.3. The van der Waals surface area contributed by atoms with Crippen LogP contribution in [0.3, 0.4) is 0 Å². The third-order valence-corrected chi connectivity index (χ3v) is 6.29. The minimum Gasteiger partial charge on any atom is -0.346 e. The molecule has 0 bridgehead atoms. The Bertz CT molecular complexity index is 604. The van der Waals surface area contributed by atoms with E-state index in [1.807, 2.05) is 18.2 Å². The highest BCUT2D eigenvalue weighted by molar-refractivity contribution is 6.36. The van der Waals surface area contributed by atoms with Gasteiger partial charge in [-0.2, -0.15) is 0 Å². The zero-order valence-electron chi connectivity index (χ0n) is 12.8. The maximum Gasteiger partial charge on any atom is 0.224 e. The van der Waals surface area contributed by atoms with Crippen LogP contribution in [0, 0.1) is 11.3 Å². The summed E-state index contributed by atoms with van der Waals surface area (Å²) in [5, 5.41) is 7.95. The molecular weight excluding hydrogens is 355 g/mol. The van der Waals surface area contributed by atoms with Gasteiger partial charge in [-0.15, -0.1) is 12.4 Å². The Hall–Kier alpha value is -0.480. The largest absolute Gasteiger partial charge is 0.346 e. The van der Waals surface area contributed by atoms with Gasteiger partial charge in [-0.25, -0.2) is 0 Å². The van der Waals surface area contributed by atoms with E-state index >= 15 is 0 Å².